The van der Waals surface area contributed by atoms with Gasteiger partial charge in [-0.1, -0.05) is 17.7 Å². The first kappa shape index (κ1) is 14.2. The number of anilines is 1. The van der Waals surface area contributed by atoms with Crippen molar-refractivity contribution in [2.75, 3.05) is 5.32 Å². The molecular formula is C13H9ClF2N2O2. The smallest absolute Gasteiger partial charge is 0.338 e. The molecule has 0 saturated heterocycles. The Morgan fingerprint density at radius 3 is 2.75 bits per heavy atom. The first-order chi connectivity index (χ1) is 9.49. The van der Waals surface area contributed by atoms with E-state index in [1.807, 2.05) is 0 Å². The third kappa shape index (κ3) is 3.03. The Morgan fingerprint density at radius 1 is 1.35 bits per heavy atom. The molecule has 0 atom stereocenters. The van der Waals surface area contributed by atoms with Crippen molar-refractivity contribution in [2.24, 2.45) is 0 Å². The predicted octanol–water partition coefficient (Wildman–Crippen LogP) is 3.32. The molecule has 0 unspecified atom stereocenters. The van der Waals surface area contributed by atoms with Gasteiger partial charge in [-0.15, -0.1) is 0 Å². The largest absolute Gasteiger partial charge is 0.478 e. The van der Waals surface area contributed by atoms with E-state index in [-0.39, 0.29) is 17.4 Å². The molecule has 2 aromatic rings. The lowest BCUT2D eigenvalue weighted by molar-refractivity contribution is 0.0692. The van der Waals surface area contributed by atoms with Gasteiger partial charge in [-0.25, -0.2) is 18.6 Å². The van der Waals surface area contributed by atoms with Crippen molar-refractivity contribution >= 4 is 23.4 Å². The maximum absolute atomic E-state index is 13.8. The maximum Gasteiger partial charge on any atom is 0.338 e. The number of rotatable bonds is 4. The molecular weight excluding hydrogens is 290 g/mol. The van der Waals surface area contributed by atoms with Crippen LogP contribution in [0, 0.1) is 11.6 Å². The third-order valence-corrected chi connectivity index (χ3v) is 2.85. The number of halogens is 3. The number of nitrogens with one attached hydrogen (secondary N) is 1. The second-order valence-corrected chi connectivity index (χ2v) is 4.34. The molecule has 20 heavy (non-hydrogen) atoms. The van der Waals surface area contributed by atoms with Crippen molar-refractivity contribution in [1.29, 1.82) is 0 Å². The average Bonchev–Trinajstić information content (AvgIpc) is 2.41. The standard InChI is InChI=1S/C13H9ClF2N2O2/c14-9-5-7(1-2-10(9)15)6-18-12-11(16)8(13(19)20)3-4-17-12/h1-5H,6H2,(H,17,18)(H,19,20). The zero-order valence-corrected chi connectivity index (χ0v) is 10.8. The summed E-state index contributed by atoms with van der Waals surface area (Å²) in [5, 5.41) is 11.4. The third-order valence-electron chi connectivity index (χ3n) is 2.56. The molecule has 7 heteroatoms. The molecule has 0 bridgehead atoms. The summed E-state index contributed by atoms with van der Waals surface area (Å²) in [4.78, 5) is 14.5. The molecule has 0 amide bonds. The Kier molecular flexibility index (Phi) is 4.14. The van der Waals surface area contributed by atoms with Gasteiger partial charge in [-0.2, -0.15) is 0 Å². The van der Waals surface area contributed by atoms with E-state index in [4.69, 9.17) is 16.7 Å². The first-order valence-corrected chi connectivity index (χ1v) is 5.92. The molecule has 0 aliphatic heterocycles. The Bertz CT molecular complexity index is 665. The molecule has 0 aliphatic carbocycles. The van der Waals surface area contributed by atoms with E-state index in [0.717, 1.165) is 6.07 Å². The van der Waals surface area contributed by atoms with Crippen LogP contribution in [-0.2, 0) is 6.54 Å². The molecule has 0 fully saturated rings. The number of nitrogens with zero attached hydrogens (tertiary/aromatic N) is 1. The van der Waals surface area contributed by atoms with Gasteiger partial charge in [-0.05, 0) is 23.8 Å². The van der Waals surface area contributed by atoms with Crippen LogP contribution in [0.25, 0.3) is 0 Å². The highest BCUT2D eigenvalue weighted by Gasteiger charge is 2.14. The number of pyridine rings is 1. The molecule has 4 nitrogen and oxygen atoms in total. The maximum atomic E-state index is 13.8. The number of benzene rings is 1. The summed E-state index contributed by atoms with van der Waals surface area (Å²) in [6.07, 6.45) is 1.19. The van der Waals surface area contributed by atoms with Crippen molar-refractivity contribution in [3.63, 3.8) is 0 Å². The molecule has 0 spiro atoms. The zero-order chi connectivity index (χ0) is 14.7. The Hall–Kier alpha value is -2.21. The van der Waals surface area contributed by atoms with Crippen LogP contribution < -0.4 is 5.32 Å². The second kappa shape index (κ2) is 5.83. The zero-order valence-electron chi connectivity index (χ0n) is 10.0. The Morgan fingerprint density at radius 2 is 2.10 bits per heavy atom. The minimum Gasteiger partial charge on any atom is -0.478 e. The van der Waals surface area contributed by atoms with Crippen LogP contribution in [0.5, 0.6) is 0 Å². The molecule has 2 N–H and O–H groups in total. The fraction of sp³-hybridized carbons (Fsp3) is 0.0769. The van der Waals surface area contributed by atoms with E-state index in [1.165, 1.54) is 24.4 Å². The van der Waals surface area contributed by atoms with Crippen LogP contribution in [0.2, 0.25) is 5.02 Å². The van der Waals surface area contributed by atoms with Gasteiger partial charge in [0.15, 0.2) is 11.6 Å². The van der Waals surface area contributed by atoms with E-state index >= 15 is 0 Å². The van der Waals surface area contributed by atoms with Crippen LogP contribution in [-0.4, -0.2) is 16.1 Å². The van der Waals surface area contributed by atoms with Crippen molar-refractivity contribution < 1.29 is 18.7 Å². The number of aromatic nitrogens is 1. The summed E-state index contributed by atoms with van der Waals surface area (Å²) >= 11 is 5.62. The van der Waals surface area contributed by atoms with Gasteiger partial charge in [0.25, 0.3) is 0 Å². The number of carboxylic acids is 1. The predicted molar refractivity (Wildman–Crippen MR) is 69.9 cm³/mol. The fourth-order valence-corrected chi connectivity index (χ4v) is 1.77. The quantitative estimate of drug-likeness (QED) is 0.909. The van der Waals surface area contributed by atoms with E-state index < -0.39 is 23.2 Å². The number of carbonyl (C=O) groups is 1. The van der Waals surface area contributed by atoms with E-state index in [1.54, 1.807) is 0 Å². The first-order valence-electron chi connectivity index (χ1n) is 5.54. The van der Waals surface area contributed by atoms with Crippen LogP contribution in [0.15, 0.2) is 30.5 Å². The molecule has 0 saturated carbocycles. The van der Waals surface area contributed by atoms with Crippen LogP contribution in [0.1, 0.15) is 15.9 Å². The number of carboxylic acid groups (broad SMARTS) is 1. The SMILES string of the molecule is O=C(O)c1ccnc(NCc2ccc(F)c(Cl)c2)c1F. The van der Waals surface area contributed by atoms with Crippen LogP contribution in [0.4, 0.5) is 14.6 Å². The lowest BCUT2D eigenvalue weighted by Gasteiger charge is -2.08. The molecule has 0 radical (unpaired) electrons. The Labute approximate surface area is 118 Å². The number of aromatic carboxylic acids is 1. The van der Waals surface area contributed by atoms with Gasteiger partial charge in [0.2, 0.25) is 0 Å². The minimum atomic E-state index is -1.38. The van der Waals surface area contributed by atoms with Gasteiger partial charge in [0.1, 0.15) is 11.4 Å². The molecule has 1 aromatic carbocycles. The van der Waals surface area contributed by atoms with Crippen molar-refractivity contribution in [1.82, 2.24) is 4.98 Å². The van der Waals surface area contributed by atoms with Gasteiger partial charge in [0.05, 0.1) is 5.02 Å². The van der Waals surface area contributed by atoms with E-state index in [0.29, 0.717) is 5.56 Å². The second-order valence-electron chi connectivity index (χ2n) is 3.93. The summed E-state index contributed by atoms with van der Waals surface area (Å²) in [5.41, 5.74) is 0.137. The highest BCUT2D eigenvalue weighted by Crippen LogP contribution is 2.19. The molecule has 0 aliphatic rings. The minimum absolute atomic E-state index is 0.0444. The van der Waals surface area contributed by atoms with Crippen LogP contribution >= 0.6 is 11.6 Å². The normalized spacial score (nSPS) is 10.3. The number of hydrogen-bond acceptors (Lipinski definition) is 3. The molecule has 1 heterocycles. The van der Waals surface area contributed by atoms with Gasteiger partial charge in [-0.3, -0.25) is 0 Å². The van der Waals surface area contributed by atoms with Crippen LogP contribution in [0.3, 0.4) is 0 Å². The van der Waals surface area contributed by atoms with Crippen molar-refractivity contribution in [3.8, 4) is 0 Å². The number of hydrogen-bond donors (Lipinski definition) is 2. The van der Waals surface area contributed by atoms with Crippen molar-refractivity contribution in [2.45, 2.75) is 6.54 Å². The van der Waals surface area contributed by atoms with E-state index in [9.17, 15) is 13.6 Å². The topological polar surface area (TPSA) is 62.2 Å². The van der Waals surface area contributed by atoms with Gasteiger partial charge < -0.3 is 10.4 Å². The van der Waals surface area contributed by atoms with E-state index in [2.05, 4.69) is 10.3 Å². The Balaban J connectivity index is 2.17. The summed E-state index contributed by atoms with van der Waals surface area (Å²) in [5.74, 6) is -3.07. The van der Waals surface area contributed by atoms with Crippen molar-refractivity contribution in [3.05, 3.63) is 58.2 Å². The lowest BCUT2D eigenvalue weighted by Crippen LogP contribution is -2.08. The fourth-order valence-electron chi connectivity index (χ4n) is 1.57. The van der Waals surface area contributed by atoms with Gasteiger partial charge >= 0.3 is 5.97 Å². The summed E-state index contributed by atoms with van der Waals surface area (Å²) in [7, 11) is 0. The van der Waals surface area contributed by atoms with Gasteiger partial charge in [0, 0.05) is 12.7 Å². The highest BCUT2D eigenvalue weighted by atomic mass is 35.5. The summed E-state index contributed by atoms with van der Waals surface area (Å²) in [6.45, 7) is 0.132. The molecule has 104 valence electrons. The summed E-state index contributed by atoms with van der Waals surface area (Å²) in [6, 6.07) is 5.13. The lowest BCUT2D eigenvalue weighted by atomic mass is 10.2. The molecule has 2 rings (SSSR count). The highest BCUT2D eigenvalue weighted by molar-refractivity contribution is 6.30. The molecule has 1 aromatic heterocycles. The summed E-state index contributed by atoms with van der Waals surface area (Å²) < 4.78 is 26.8. The monoisotopic (exact) mass is 298 g/mol. The average molecular weight is 299 g/mol.